The molecule has 0 amide bonds. The van der Waals surface area contributed by atoms with Crippen LogP contribution in [-0.2, 0) is 0 Å². The minimum atomic E-state index is -0.129. The number of carbonyl (C=O) groups is 1. The molecule has 1 aromatic carbocycles. The van der Waals surface area contributed by atoms with E-state index in [9.17, 15) is 4.79 Å². The van der Waals surface area contributed by atoms with Gasteiger partial charge in [0.1, 0.15) is 0 Å². The van der Waals surface area contributed by atoms with Gasteiger partial charge in [0.2, 0.25) is 0 Å². The first-order chi connectivity index (χ1) is 7.65. The Bertz CT molecular complexity index is 332. The summed E-state index contributed by atoms with van der Waals surface area (Å²) in [5.74, 6) is 0.121. The predicted octanol–water partition coefficient (Wildman–Crippen LogP) is 2.23. The number of benzene rings is 1. The molecule has 0 aliphatic heterocycles. The van der Waals surface area contributed by atoms with E-state index in [-0.39, 0.29) is 11.8 Å². The molecule has 1 unspecified atom stereocenters. The summed E-state index contributed by atoms with van der Waals surface area (Å²) in [7, 11) is 0. The maximum Gasteiger partial charge on any atom is 0.179 e. The number of anilines is 1. The standard InChI is InChI=1S/C13H20N2O/c1-3-4-9-15-10(2)13(16)11-5-7-12(14)8-6-11/h5-8,10,15H,3-4,9,14H2,1-2H3. The number of unbranched alkanes of at least 4 members (excludes halogenated alkanes) is 1. The summed E-state index contributed by atoms with van der Waals surface area (Å²) in [5, 5.41) is 3.22. The molecule has 1 atom stereocenters. The zero-order chi connectivity index (χ0) is 12.0. The van der Waals surface area contributed by atoms with Crippen molar-refractivity contribution in [2.75, 3.05) is 12.3 Å². The van der Waals surface area contributed by atoms with Gasteiger partial charge in [0.05, 0.1) is 6.04 Å². The van der Waals surface area contributed by atoms with Crippen molar-refractivity contribution >= 4 is 11.5 Å². The van der Waals surface area contributed by atoms with Crippen LogP contribution < -0.4 is 11.1 Å². The zero-order valence-corrected chi connectivity index (χ0v) is 9.99. The van der Waals surface area contributed by atoms with Crippen molar-refractivity contribution in [3.05, 3.63) is 29.8 Å². The highest BCUT2D eigenvalue weighted by atomic mass is 16.1. The first-order valence-electron chi connectivity index (χ1n) is 5.78. The number of nitrogen functional groups attached to an aromatic ring is 1. The van der Waals surface area contributed by atoms with Crippen molar-refractivity contribution in [2.45, 2.75) is 32.7 Å². The summed E-state index contributed by atoms with van der Waals surface area (Å²) in [4.78, 5) is 11.9. The van der Waals surface area contributed by atoms with Crippen LogP contribution in [-0.4, -0.2) is 18.4 Å². The molecule has 0 saturated carbocycles. The van der Waals surface area contributed by atoms with Crippen molar-refractivity contribution in [1.82, 2.24) is 5.32 Å². The van der Waals surface area contributed by atoms with Gasteiger partial charge in [0.15, 0.2) is 5.78 Å². The highest BCUT2D eigenvalue weighted by molar-refractivity contribution is 6.00. The Balaban J connectivity index is 2.53. The number of nitrogens with two attached hydrogens (primary N) is 1. The number of nitrogens with one attached hydrogen (secondary N) is 1. The molecule has 1 rings (SSSR count). The maximum absolute atomic E-state index is 11.9. The van der Waals surface area contributed by atoms with Crippen LogP contribution in [0.25, 0.3) is 0 Å². The second-order valence-corrected chi connectivity index (χ2v) is 4.02. The Morgan fingerprint density at radius 3 is 2.56 bits per heavy atom. The lowest BCUT2D eigenvalue weighted by atomic mass is 10.1. The van der Waals surface area contributed by atoms with Crippen LogP contribution in [0.1, 0.15) is 37.0 Å². The van der Waals surface area contributed by atoms with E-state index in [1.165, 1.54) is 0 Å². The number of hydrogen-bond acceptors (Lipinski definition) is 3. The molecule has 3 N–H and O–H groups in total. The van der Waals surface area contributed by atoms with Gasteiger partial charge in [-0.25, -0.2) is 0 Å². The van der Waals surface area contributed by atoms with Crippen molar-refractivity contribution in [3.8, 4) is 0 Å². The van der Waals surface area contributed by atoms with Crippen molar-refractivity contribution < 1.29 is 4.79 Å². The SMILES string of the molecule is CCCCNC(C)C(=O)c1ccc(N)cc1. The Labute approximate surface area is 97.0 Å². The molecule has 0 spiro atoms. The van der Waals surface area contributed by atoms with Crippen LogP contribution in [0.5, 0.6) is 0 Å². The molecular weight excluding hydrogens is 200 g/mol. The molecule has 0 aliphatic rings. The van der Waals surface area contributed by atoms with Crippen LogP contribution in [0.15, 0.2) is 24.3 Å². The van der Waals surface area contributed by atoms with Gasteiger partial charge in [-0.2, -0.15) is 0 Å². The first kappa shape index (κ1) is 12.7. The summed E-state index contributed by atoms with van der Waals surface area (Å²) < 4.78 is 0. The van der Waals surface area contributed by atoms with Gasteiger partial charge in [-0.05, 0) is 44.2 Å². The molecular formula is C13H20N2O. The molecule has 0 bridgehead atoms. The van der Waals surface area contributed by atoms with Crippen LogP contribution in [0.3, 0.4) is 0 Å². The molecule has 0 saturated heterocycles. The third-order valence-electron chi connectivity index (χ3n) is 2.57. The Kier molecular flexibility index (Phi) is 4.99. The summed E-state index contributed by atoms with van der Waals surface area (Å²) in [6, 6.07) is 6.93. The Hall–Kier alpha value is -1.35. The first-order valence-corrected chi connectivity index (χ1v) is 5.78. The van der Waals surface area contributed by atoms with E-state index in [0.29, 0.717) is 11.3 Å². The number of rotatable bonds is 6. The summed E-state index contributed by atoms with van der Waals surface area (Å²) in [6.45, 7) is 4.92. The van der Waals surface area contributed by atoms with Crippen molar-refractivity contribution in [3.63, 3.8) is 0 Å². The molecule has 0 heterocycles. The molecule has 3 nitrogen and oxygen atoms in total. The van der Waals surface area contributed by atoms with Gasteiger partial charge in [0.25, 0.3) is 0 Å². The topological polar surface area (TPSA) is 55.1 Å². The number of ketones is 1. The quantitative estimate of drug-likeness (QED) is 0.439. The second kappa shape index (κ2) is 6.28. The monoisotopic (exact) mass is 220 g/mol. The number of hydrogen-bond donors (Lipinski definition) is 2. The van der Waals surface area contributed by atoms with E-state index in [4.69, 9.17) is 5.73 Å². The molecule has 0 radical (unpaired) electrons. The van der Waals surface area contributed by atoms with Gasteiger partial charge in [-0.15, -0.1) is 0 Å². The molecule has 0 aliphatic carbocycles. The fourth-order valence-corrected chi connectivity index (χ4v) is 1.49. The van der Waals surface area contributed by atoms with Gasteiger partial charge >= 0.3 is 0 Å². The fourth-order valence-electron chi connectivity index (χ4n) is 1.49. The lowest BCUT2D eigenvalue weighted by molar-refractivity contribution is 0.0951. The van der Waals surface area contributed by atoms with E-state index < -0.39 is 0 Å². The Morgan fingerprint density at radius 2 is 2.00 bits per heavy atom. The van der Waals surface area contributed by atoms with E-state index >= 15 is 0 Å². The largest absolute Gasteiger partial charge is 0.399 e. The molecule has 1 aromatic rings. The molecule has 0 aromatic heterocycles. The van der Waals surface area contributed by atoms with E-state index in [1.807, 2.05) is 6.92 Å². The summed E-state index contributed by atoms with van der Waals surface area (Å²) in [5.41, 5.74) is 6.97. The highest BCUT2D eigenvalue weighted by Crippen LogP contribution is 2.08. The fraction of sp³-hybridized carbons (Fsp3) is 0.462. The second-order valence-electron chi connectivity index (χ2n) is 4.02. The smallest absolute Gasteiger partial charge is 0.179 e. The molecule has 0 fully saturated rings. The van der Waals surface area contributed by atoms with E-state index in [2.05, 4.69) is 12.2 Å². The number of carbonyl (C=O) groups excluding carboxylic acids is 1. The van der Waals surface area contributed by atoms with Crippen molar-refractivity contribution in [1.29, 1.82) is 0 Å². The molecule has 88 valence electrons. The predicted molar refractivity (Wildman–Crippen MR) is 67.6 cm³/mol. The minimum absolute atomic E-state index is 0.121. The van der Waals surface area contributed by atoms with Gasteiger partial charge < -0.3 is 11.1 Å². The summed E-state index contributed by atoms with van der Waals surface area (Å²) in [6.07, 6.45) is 2.23. The van der Waals surface area contributed by atoms with Crippen LogP contribution >= 0.6 is 0 Å². The maximum atomic E-state index is 11.9. The highest BCUT2D eigenvalue weighted by Gasteiger charge is 2.13. The molecule has 16 heavy (non-hydrogen) atoms. The normalized spacial score (nSPS) is 12.4. The molecule has 3 heteroatoms. The average Bonchev–Trinajstić information content (AvgIpc) is 2.29. The minimum Gasteiger partial charge on any atom is -0.399 e. The summed E-state index contributed by atoms with van der Waals surface area (Å²) >= 11 is 0. The van der Waals surface area contributed by atoms with Crippen LogP contribution in [0, 0.1) is 0 Å². The Morgan fingerprint density at radius 1 is 1.38 bits per heavy atom. The van der Waals surface area contributed by atoms with Crippen molar-refractivity contribution in [2.24, 2.45) is 0 Å². The van der Waals surface area contributed by atoms with Crippen LogP contribution in [0.2, 0.25) is 0 Å². The third-order valence-corrected chi connectivity index (χ3v) is 2.57. The lowest BCUT2D eigenvalue weighted by Crippen LogP contribution is -2.34. The zero-order valence-electron chi connectivity index (χ0n) is 9.99. The van der Waals surface area contributed by atoms with Gasteiger partial charge in [0, 0.05) is 11.3 Å². The third kappa shape index (κ3) is 3.66. The number of Topliss-reactive ketones (excluding diaryl/α,β-unsaturated/α-hetero) is 1. The lowest BCUT2D eigenvalue weighted by Gasteiger charge is -2.12. The van der Waals surface area contributed by atoms with Gasteiger partial charge in [-0.1, -0.05) is 13.3 Å². The van der Waals surface area contributed by atoms with E-state index in [1.54, 1.807) is 24.3 Å². The van der Waals surface area contributed by atoms with Gasteiger partial charge in [-0.3, -0.25) is 4.79 Å². The average molecular weight is 220 g/mol. The van der Waals surface area contributed by atoms with Crippen LogP contribution in [0.4, 0.5) is 5.69 Å². The van der Waals surface area contributed by atoms with E-state index in [0.717, 1.165) is 19.4 Å².